The lowest BCUT2D eigenvalue weighted by Gasteiger charge is -1.97. The van der Waals surface area contributed by atoms with Crippen LogP contribution in [0.4, 0.5) is 16.5 Å². The van der Waals surface area contributed by atoms with E-state index < -0.39 is 9.85 Å². The van der Waals surface area contributed by atoms with Crippen LogP contribution in [-0.2, 0) is 0 Å². The number of benzene rings is 2. The Bertz CT molecular complexity index is 984. The van der Waals surface area contributed by atoms with Gasteiger partial charge in [-0.05, 0) is 18.2 Å². The second kappa shape index (κ2) is 7.49. The van der Waals surface area contributed by atoms with Gasteiger partial charge in [0.25, 0.3) is 11.4 Å². The molecule has 2 aromatic carbocycles. The number of nitro benzene ring substituents is 2. The van der Waals surface area contributed by atoms with Crippen LogP contribution in [-0.4, -0.2) is 21.0 Å². The van der Waals surface area contributed by atoms with E-state index in [1.165, 1.54) is 35.8 Å². The lowest BCUT2D eigenvalue weighted by molar-refractivity contribution is -0.385. The van der Waals surface area contributed by atoms with Crippen molar-refractivity contribution in [2.45, 2.75) is 0 Å². The molecule has 1 aromatic heterocycles. The quantitative estimate of drug-likeness (QED) is 0.397. The summed E-state index contributed by atoms with van der Waals surface area (Å²) < 4.78 is 0. The zero-order chi connectivity index (χ0) is 18.5. The van der Waals surface area contributed by atoms with E-state index in [1.807, 2.05) is 0 Å². The third kappa shape index (κ3) is 3.87. The Hall–Kier alpha value is -3.66. The monoisotopic (exact) mass is 369 g/mol. The number of thiazole rings is 1. The Labute approximate surface area is 150 Å². The smallest absolute Gasteiger partial charge is 0.258 e. The Kier molecular flexibility index (Phi) is 4.94. The summed E-state index contributed by atoms with van der Waals surface area (Å²) in [7, 11) is 0. The van der Waals surface area contributed by atoms with Crippen molar-refractivity contribution in [2.24, 2.45) is 5.10 Å². The van der Waals surface area contributed by atoms with Gasteiger partial charge in [0.15, 0.2) is 0 Å². The molecule has 0 bridgehead atoms. The Balaban J connectivity index is 1.71. The highest BCUT2D eigenvalue weighted by Crippen LogP contribution is 2.26. The number of nitrogens with one attached hydrogen (secondary N) is 1. The minimum Gasteiger partial charge on any atom is -0.258 e. The van der Waals surface area contributed by atoms with Crippen LogP contribution in [0.3, 0.4) is 0 Å². The Morgan fingerprint density at radius 2 is 1.77 bits per heavy atom. The molecule has 0 atom stereocenters. The second-order valence-electron chi connectivity index (χ2n) is 5.03. The van der Waals surface area contributed by atoms with E-state index in [1.54, 1.807) is 35.7 Å². The fourth-order valence-corrected chi connectivity index (χ4v) is 2.80. The topological polar surface area (TPSA) is 124 Å². The fraction of sp³-hybridized carbons (Fsp3) is 0. The van der Waals surface area contributed by atoms with Gasteiger partial charge in [0.2, 0.25) is 5.13 Å². The van der Waals surface area contributed by atoms with Crippen LogP contribution in [0.2, 0.25) is 0 Å². The third-order valence-corrected chi connectivity index (χ3v) is 4.12. The molecule has 130 valence electrons. The number of rotatable bonds is 6. The molecule has 0 aliphatic rings. The van der Waals surface area contributed by atoms with Gasteiger partial charge in [-0.25, -0.2) is 4.98 Å². The predicted molar refractivity (Wildman–Crippen MR) is 98.5 cm³/mol. The number of nitrogens with zero attached hydrogens (tertiary/aromatic N) is 4. The van der Waals surface area contributed by atoms with Gasteiger partial charge in [-0.2, -0.15) is 5.10 Å². The van der Waals surface area contributed by atoms with Gasteiger partial charge >= 0.3 is 0 Å². The van der Waals surface area contributed by atoms with Crippen molar-refractivity contribution >= 4 is 34.1 Å². The summed E-state index contributed by atoms with van der Waals surface area (Å²) in [6, 6.07) is 12.3. The van der Waals surface area contributed by atoms with Crippen molar-refractivity contribution in [3.05, 3.63) is 79.7 Å². The second-order valence-corrected chi connectivity index (χ2v) is 5.89. The molecule has 0 aliphatic heterocycles. The molecule has 0 fully saturated rings. The number of non-ortho nitro benzene ring substituents is 1. The largest absolute Gasteiger partial charge is 0.278 e. The maximum absolute atomic E-state index is 11.0. The van der Waals surface area contributed by atoms with Crippen LogP contribution in [0.5, 0.6) is 0 Å². The molecule has 3 aromatic rings. The summed E-state index contributed by atoms with van der Waals surface area (Å²) in [5.74, 6) is 0. The summed E-state index contributed by atoms with van der Waals surface area (Å²) in [6.45, 7) is 0. The standard InChI is InChI=1S/C16H11N5O4S/c22-20(23)13-7-5-11(6-8-13)14-10-26-16(18-14)19-17-9-12-3-1-2-4-15(12)21(24)25/h1-10H,(H,18,19). The van der Waals surface area contributed by atoms with Gasteiger partial charge in [-0.15, -0.1) is 11.3 Å². The molecule has 9 nitrogen and oxygen atoms in total. The number of anilines is 1. The molecular formula is C16H11N5O4S. The summed E-state index contributed by atoms with van der Waals surface area (Å²) in [6.07, 6.45) is 1.35. The van der Waals surface area contributed by atoms with Crippen molar-refractivity contribution in [1.29, 1.82) is 0 Å². The number of para-hydroxylation sites is 1. The van der Waals surface area contributed by atoms with Gasteiger partial charge in [0.05, 0.1) is 27.3 Å². The average molecular weight is 369 g/mol. The van der Waals surface area contributed by atoms with E-state index in [-0.39, 0.29) is 11.4 Å². The first-order chi connectivity index (χ1) is 12.5. The molecule has 1 heterocycles. The molecular weight excluding hydrogens is 358 g/mol. The molecule has 0 saturated carbocycles. The number of nitro groups is 2. The van der Waals surface area contributed by atoms with Crippen LogP contribution in [0.25, 0.3) is 11.3 Å². The highest BCUT2D eigenvalue weighted by Gasteiger charge is 2.10. The SMILES string of the molecule is O=[N+]([O-])c1ccc(-c2csc(NN=Cc3ccccc3[N+](=O)[O-])n2)cc1. The molecule has 10 heteroatoms. The normalized spacial score (nSPS) is 10.8. The van der Waals surface area contributed by atoms with Crippen molar-refractivity contribution in [3.63, 3.8) is 0 Å². The number of hydrazone groups is 1. The Morgan fingerprint density at radius 1 is 1.04 bits per heavy atom. The van der Waals surface area contributed by atoms with Crippen LogP contribution < -0.4 is 5.43 Å². The average Bonchev–Trinajstić information content (AvgIpc) is 3.11. The van der Waals surface area contributed by atoms with Gasteiger partial charge in [-0.3, -0.25) is 25.7 Å². The van der Waals surface area contributed by atoms with Crippen molar-refractivity contribution < 1.29 is 9.85 Å². The van der Waals surface area contributed by atoms with E-state index in [2.05, 4.69) is 15.5 Å². The lowest BCUT2D eigenvalue weighted by Crippen LogP contribution is -1.96. The first-order valence-electron chi connectivity index (χ1n) is 7.27. The summed E-state index contributed by atoms with van der Waals surface area (Å²) >= 11 is 1.30. The first-order valence-corrected chi connectivity index (χ1v) is 8.15. The first kappa shape index (κ1) is 17.2. The predicted octanol–water partition coefficient (Wildman–Crippen LogP) is 4.07. The molecule has 0 aliphatic carbocycles. The van der Waals surface area contributed by atoms with Crippen molar-refractivity contribution in [2.75, 3.05) is 5.43 Å². The van der Waals surface area contributed by atoms with E-state index in [0.717, 1.165) is 5.56 Å². The van der Waals surface area contributed by atoms with E-state index in [0.29, 0.717) is 16.4 Å². The molecule has 0 amide bonds. The van der Waals surface area contributed by atoms with Gasteiger partial charge in [-0.1, -0.05) is 12.1 Å². The molecule has 0 saturated heterocycles. The maximum Gasteiger partial charge on any atom is 0.278 e. The molecule has 26 heavy (non-hydrogen) atoms. The van der Waals surface area contributed by atoms with Gasteiger partial charge < -0.3 is 0 Å². The third-order valence-electron chi connectivity index (χ3n) is 3.38. The van der Waals surface area contributed by atoms with E-state index in [4.69, 9.17) is 0 Å². The molecule has 0 spiro atoms. The van der Waals surface area contributed by atoms with Crippen molar-refractivity contribution in [1.82, 2.24) is 4.98 Å². The number of hydrogen-bond acceptors (Lipinski definition) is 8. The van der Waals surface area contributed by atoms with E-state index >= 15 is 0 Å². The molecule has 1 N–H and O–H groups in total. The lowest BCUT2D eigenvalue weighted by atomic mass is 10.1. The zero-order valence-electron chi connectivity index (χ0n) is 13.1. The molecule has 3 rings (SSSR count). The molecule has 0 unspecified atom stereocenters. The highest BCUT2D eigenvalue weighted by atomic mass is 32.1. The highest BCUT2D eigenvalue weighted by molar-refractivity contribution is 7.14. The van der Waals surface area contributed by atoms with Crippen LogP contribution in [0.1, 0.15) is 5.56 Å². The van der Waals surface area contributed by atoms with Crippen molar-refractivity contribution in [3.8, 4) is 11.3 Å². The number of hydrogen-bond donors (Lipinski definition) is 1. The Morgan fingerprint density at radius 3 is 2.46 bits per heavy atom. The summed E-state index contributed by atoms with van der Waals surface area (Å²) in [5.41, 5.74) is 4.45. The van der Waals surface area contributed by atoms with Gasteiger partial charge in [0.1, 0.15) is 0 Å². The van der Waals surface area contributed by atoms with Gasteiger partial charge in [0, 0.05) is 29.1 Å². The van der Waals surface area contributed by atoms with Crippen LogP contribution in [0, 0.1) is 20.2 Å². The zero-order valence-corrected chi connectivity index (χ0v) is 13.9. The molecule has 0 radical (unpaired) electrons. The minimum absolute atomic E-state index is 0.0105. The fourth-order valence-electron chi connectivity index (χ4n) is 2.13. The summed E-state index contributed by atoms with van der Waals surface area (Å²) in [4.78, 5) is 25.0. The van der Waals surface area contributed by atoms with Crippen LogP contribution >= 0.6 is 11.3 Å². The number of aromatic nitrogens is 1. The maximum atomic E-state index is 11.0. The summed E-state index contributed by atoms with van der Waals surface area (Å²) in [5, 5.41) is 27.9. The van der Waals surface area contributed by atoms with Crippen LogP contribution in [0.15, 0.2) is 59.0 Å². The minimum atomic E-state index is -0.475. The van der Waals surface area contributed by atoms with E-state index in [9.17, 15) is 20.2 Å².